The monoisotopic (exact) mass is 407 g/mol. The summed E-state index contributed by atoms with van der Waals surface area (Å²) in [4.78, 5) is 17.4. The summed E-state index contributed by atoms with van der Waals surface area (Å²) in [5.41, 5.74) is 4.59. The minimum absolute atomic E-state index is 0.0511. The van der Waals surface area contributed by atoms with Crippen molar-refractivity contribution < 1.29 is 13.9 Å². The fourth-order valence-electron chi connectivity index (χ4n) is 2.93. The van der Waals surface area contributed by atoms with Crippen LogP contribution in [0.5, 0.6) is 0 Å². The number of carbonyl (C=O) groups is 1. The number of halogens is 2. The van der Waals surface area contributed by atoms with Crippen molar-refractivity contribution in [2.75, 3.05) is 7.11 Å². The van der Waals surface area contributed by atoms with Crippen LogP contribution in [0, 0.1) is 5.82 Å². The summed E-state index contributed by atoms with van der Waals surface area (Å²) >= 11 is 3.54. The number of aromatic nitrogens is 1. The van der Waals surface area contributed by atoms with Gasteiger partial charge in [0.05, 0.1) is 18.4 Å². The molecule has 0 amide bonds. The molecule has 0 saturated heterocycles. The predicted molar refractivity (Wildman–Crippen MR) is 102 cm³/mol. The van der Waals surface area contributed by atoms with E-state index in [9.17, 15) is 9.18 Å². The molecule has 0 aliphatic heterocycles. The number of hydrogen-bond acceptors (Lipinski definition) is 3. The molecule has 0 N–H and O–H groups in total. The van der Waals surface area contributed by atoms with Crippen LogP contribution in [0.4, 0.5) is 4.39 Å². The smallest absolute Gasteiger partial charge is 0.340 e. The first-order chi connectivity index (χ1) is 11.8. The number of hydrogen-bond donors (Lipinski definition) is 0. The summed E-state index contributed by atoms with van der Waals surface area (Å²) in [6.07, 6.45) is 0. The van der Waals surface area contributed by atoms with E-state index >= 15 is 0 Å². The highest BCUT2D eigenvalue weighted by atomic mass is 79.9. The summed E-state index contributed by atoms with van der Waals surface area (Å²) in [6.45, 7) is 8.15. The van der Waals surface area contributed by atoms with Gasteiger partial charge in [0.2, 0.25) is 0 Å². The zero-order valence-corrected chi connectivity index (χ0v) is 16.8. The van der Waals surface area contributed by atoms with Crippen molar-refractivity contribution in [1.29, 1.82) is 0 Å². The molecule has 1 aromatic carbocycles. The molecule has 1 heterocycles. The molecular formula is C20H23BrFNO2. The Bertz CT molecular complexity index is 770. The number of ether oxygens (including phenoxy) is 1. The lowest BCUT2D eigenvalue weighted by atomic mass is 9.88. The van der Waals surface area contributed by atoms with E-state index in [-0.39, 0.29) is 17.7 Å². The second-order valence-corrected chi connectivity index (χ2v) is 7.11. The van der Waals surface area contributed by atoms with Gasteiger partial charge >= 0.3 is 5.97 Å². The number of nitrogens with zero attached hydrogens (tertiary/aromatic N) is 1. The molecule has 3 nitrogen and oxygen atoms in total. The molecular weight excluding hydrogens is 385 g/mol. The van der Waals surface area contributed by atoms with Crippen LogP contribution in [0.2, 0.25) is 0 Å². The zero-order valence-electron chi connectivity index (χ0n) is 15.2. The van der Waals surface area contributed by atoms with Crippen molar-refractivity contribution in [3.63, 3.8) is 0 Å². The minimum Gasteiger partial charge on any atom is -0.465 e. The number of rotatable bonds is 5. The number of methoxy groups -OCH3 is 1. The Morgan fingerprint density at radius 3 is 2.12 bits per heavy atom. The van der Waals surface area contributed by atoms with E-state index in [2.05, 4.69) is 29.8 Å². The molecule has 2 rings (SSSR count). The summed E-state index contributed by atoms with van der Waals surface area (Å²) in [6, 6.07) is 6.19. The largest absolute Gasteiger partial charge is 0.465 e. The van der Waals surface area contributed by atoms with Gasteiger partial charge in [0.25, 0.3) is 0 Å². The van der Waals surface area contributed by atoms with Gasteiger partial charge in [0, 0.05) is 16.6 Å². The maximum absolute atomic E-state index is 13.4. The maximum Gasteiger partial charge on any atom is 0.340 e. The SMILES string of the molecule is COC(=O)c1c(C(C)C)nc(C(C)C)c(CBr)c1-c1ccc(F)cc1. The summed E-state index contributed by atoms with van der Waals surface area (Å²) < 4.78 is 18.5. The topological polar surface area (TPSA) is 39.2 Å². The normalized spacial score (nSPS) is 11.2. The Hall–Kier alpha value is -1.75. The van der Waals surface area contributed by atoms with Gasteiger partial charge in [0.1, 0.15) is 5.82 Å². The highest BCUT2D eigenvalue weighted by Gasteiger charge is 2.27. The average Bonchev–Trinajstić information content (AvgIpc) is 2.59. The predicted octanol–water partition coefficient (Wildman–Crippen LogP) is 5.82. The van der Waals surface area contributed by atoms with E-state index in [0.29, 0.717) is 16.6 Å². The second-order valence-electron chi connectivity index (χ2n) is 6.55. The van der Waals surface area contributed by atoms with Crippen LogP contribution >= 0.6 is 15.9 Å². The van der Waals surface area contributed by atoms with Gasteiger partial charge in [-0.3, -0.25) is 4.98 Å². The van der Waals surface area contributed by atoms with Crippen LogP contribution in [-0.4, -0.2) is 18.1 Å². The van der Waals surface area contributed by atoms with Gasteiger partial charge in [-0.05, 0) is 35.1 Å². The van der Waals surface area contributed by atoms with Crippen molar-refractivity contribution in [3.05, 3.63) is 52.6 Å². The van der Waals surface area contributed by atoms with Gasteiger partial charge in [-0.2, -0.15) is 0 Å². The third-order valence-corrected chi connectivity index (χ3v) is 4.67. The Balaban J connectivity index is 2.96. The lowest BCUT2D eigenvalue weighted by Crippen LogP contribution is -2.16. The van der Waals surface area contributed by atoms with Crippen molar-refractivity contribution in [1.82, 2.24) is 4.98 Å². The molecule has 134 valence electrons. The number of esters is 1. The molecule has 0 aliphatic rings. The maximum atomic E-state index is 13.4. The first-order valence-corrected chi connectivity index (χ1v) is 9.40. The first kappa shape index (κ1) is 19.6. The fourth-order valence-corrected chi connectivity index (χ4v) is 3.50. The Morgan fingerprint density at radius 2 is 1.68 bits per heavy atom. The van der Waals surface area contributed by atoms with Crippen LogP contribution in [-0.2, 0) is 10.1 Å². The molecule has 1 aromatic heterocycles. The fraction of sp³-hybridized carbons (Fsp3) is 0.400. The van der Waals surface area contributed by atoms with Gasteiger partial charge in [-0.15, -0.1) is 0 Å². The molecule has 0 spiro atoms. The van der Waals surface area contributed by atoms with Crippen molar-refractivity contribution in [3.8, 4) is 11.1 Å². The number of carbonyl (C=O) groups excluding carboxylic acids is 1. The van der Waals surface area contributed by atoms with Crippen LogP contribution in [0.25, 0.3) is 11.1 Å². The van der Waals surface area contributed by atoms with Crippen LogP contribution in [0.15, 0.2) is 24.3 Å². The lowest BCUT2D eigenvalue weighted by molar-refractivity contribution is 0.0599. The Labute approximate surface area is 156 Å². The zero-order chi connectivity index (χ0) is 18.7. The number of alkyl halides is 1. The van der Waals surface area contributed by atoms with Crippen LogP contribution in [0.1, 0.15) is 66.8 Å². The van der Waals surface area contributed by atoms with E-state index in [4.69, 9.17) is 9.72 Å². The molecule has 0 radical (unpaired) electrons. The number of pyridine rings is 1. The third-order valence-electron chi connectivity index (χ3n) is 4.11. The lowest BCUT2D eigenvalue weighted by Gasteiger charge is -2.23. The van der Waals surface area contributed by atoms with Crippen molar-refractivity contribution >= 4 is 21.9 Å². The van der Waals surface area contributed by atoms with Crippen molar-refractivity contribution in [2.24, 2.45) is 0 Å². The summed E-state index contributed by atoms with van der Waals surface area (Å²) in [5.74, 6) is -0.495. The molecule has 0 unspecified atom stereocenters. The molecule has 0 atom stereocenters. The Morgan fingerprint density at radius 1 is 1.12 bits per heavy atom. The quantitative estimate of drug-likeness (QED) is 0.463. The molecule has 0 bridgehead atoms. The molecule has 2 aromatic rings. The average molecular weight is 408 g/mol. The van der Waals surface area contributed by atoms with Gasteiger partial charge in [-0.1, -0.05) is 55.8 Å². The highest BCUT2D eigenvalue weighted by molar-refractivity contribution is 9.08. The molecule has 25 heavy (non-hydrogen) atoms. The third kappa shape index (κ3) is 3.92. The van der Waals surface area contributed by atoms with Crippen LogP contribution < -0.4 is 0 Å². The molecule has 0 fully saturated rings. The second kappa shape index (κ2) is 8.09. The summed E-state index contributed by atoms with van der Waals surface area (Å²) in [5, 5.41) is 0.544. The van der Waals surface area contributed by atoms with Gasteiger partial charge < -0.3 is 4.74 Å². The highest BCUT2D eigenvalue weighted by Crippen LogP contribution is 2.37. The van der Waals surface area contributed by atoms with E-state index < -0.39 is 5.97 Å². The van der Waals surface area contributed by atoms with E-state index in [1.165, 1.54) is 19.2 Å². The van der Waals surface area contributed by atoms with E-state index in [0.717, 1.165) is 22.4 Å². The number of benzene rings is 1. The molecule has 0 saturated carbocycles. The standard InChI is InChI=1S/C20H23BrFNO2/c1-11(2)18-15(10-21)16(13-6-8-14(22)9-7-13)17(20(24)25-5)19(23-18)12(3)4/h6-9,11-12H,10H2,1-5H3. The summed E-state index contributed by atoms with van der Waals surface area (Å²) in [7, 11) is 1.37. The first-order valence-electron chi connectivity index (χ1n) is 8.28. The van der Waals surface area contributed by atoms with Gasteiger partial charge in [0.15, 0.2) is 0 Å². The van der Waals surface area contributed by atoms with Gasteiger partial charge in [-0.25, -0.2) is 9.18 Å². The van der Waals surface area contributed by atoms with Crippen LogP contribution in [0.3, 0.4) is 0 Å². The Kier molecular flexibility index (Phi) is 6.33. The molecule has 0 aliphatic carbocycles. The van der Waals surface area contributed by atoms with Crippen molar-refractivity contribution in [2.45, 2.75) is 44.9 Å². The van der Waals surface area contributed by atoms with E-state index in [1.807, 2.05) is 13.8 Å². The van der Waals surface area contributed by atoms with E-state index in [1.54, 1.807) is 12.1 Å². The molecule has 5 heteroatoms. The minimum atomic E-state index is -0.423.